The smallest absolute Gasteiger partial charge is 0.326 e. The Hall–Kier alpha value is -1.07. The van der Waals surface area contributed by atoms with Crippen molar-refractivity contribution in [2.75, 3.05) is 0 Å². The molecule has 2 N–H and O–H groups in total. The highest BCUT2D eigenvalue weighted by Crippen LogP contribution is 2.27. The average molecular weight is 375 g/mol. The summed E-state index contributed by atoms with van der Waals surface area (Å²) in [7, 11) is 0. The molecule has 114 valence electrons. The van der Waals surface area contributed by atoms with E-state index in [0.29, 0.717) is 15.1 Å². The fourth-order valence-corrected chi connectivity index (χ4v) is 3.34. The molecule has 1 atom stereocenters. The predicted octanol–water partition coefficient (Wildman–Crippen LogP) is 3.87. The van der Waals surface area contributed by atoms with Gasteiger partial charge in [0.05, 0.1) is 5.56 Å². The lowest BCUT2D eigenvalue weighted by Gasteiger charge is -2.28. The number of hydrogen-bond donors (Lipinski definition) is 2. The zero-order chi connectivity index (χ0) is 15.4. The van der Waals surface area contributed by atoms with Gasteiger partial charge in [-0.3, -0.25) is 4.79 Å². The normalized spacial score (nSPS) is 17.2. The van der Waals surface area contributed by atoms with Crippen LogP contribution in [0.3, 0.4) is 0 Å². The van der Waals surface area contributed by atoms with Crippen LogP contribution in [-0.4, -0.2) is 23.0 Å². The largest absolute Gasteiger partial charge is 0.480 e. The molecule has 0 heterocycles. The Labute approximate surface area is 137 Å². The summed E-state index contributed by atoms with van der Waals surface area (Å²) < 4.78 is 0.595. The van der Waals surface area contributed by atoms with Gasteiger partial charge in [-0.2, -0.15) is 0 Å². The number of carboxylic acids is 1. The third-order valence-electron chi connectivity index (χ3n) is 3.85. The van der Waals surface area contributed by atoms with Crippen molar-refractivity contribution in [3.05, 3.63) is 33.3 Å². The Morgan fingerprint density at radius 1 is 1.29 bits per heavy atom. The maximum absolute atomic E-state index is 12.3. The number of carbonyl (C=O) groups is 2. The van der Waals surface area contributed by atoms with E-state index in [1.54, 1.807) is 12.1 Å². The van der Waals surface area contributed by atoms with Gasteiger partial charge in [-0.05, 0) is 52.9 Å². The van der Waals surface area contributed by atoms with Crippen molar-refractivity contribution in [3.63, 3.8) is 0 Å². The molecule has 4 nitrogen and oxygen atoms in total. The molecule has 1 aromatic carbocycles. The van der Waals surface area contributed by atoms with Crippen LogP contribution >= 0.6 is 27.5 Å². The summed E-state index contributed by atoms with van der Waals surface area (Å²) in [5.74, 6) is -1.39. The van der Waals surface area contributed by atoms with Crippen LogP contribution in [0.4, 0.5) is 0 Å². The van der Waals surface area contributed by atoms with E-state index >= 15 is 0 Å². The lowest BCUT2D eigenvalue weighted by Crippen LogP contribution is -2.46. The van der Waals surface area contributed by atoms with Gasteiger partial charge >= 0.3 is 5.97 Å². The summed E-state index contributed by atoms with van der Waals surface area (Å²) in [5.41, 5.74) is 0.351. The molecular weight excluding hydrogens is 358 g/mol. The number of rotatable bonds is 4. The van der Waals surface area contributed by atoms with Gasteiger partial charge in [-0.1, -0.05) is 30.9 Å². The molecular formula is C15H17BrClNO3. The minimum atomic E-state index is -0.978. The SMILES string of the molecule is O=C(NC(C(=O)O)C1CCCCC1)c1cc(Cl)ccc1Br. The third-order valence-corrected chi connectivity index (χ3v) is 4.77. The summed E-state index contributed by atoms with van der Waals surface area (Å²) in [6.45, 7) is 0. The van der Waals surface area contributed by atoms with Crippen molar-refractivity contribution in [1.82, 2.24) is 5.32 Å². The molecule has 1 aromatic rings. The van der Waals surface area contributed by atoms with E-state index in [9.17, 15) is 14.7 Å². The van der Waals surface area contributed by atoms with E-state index in [-0.39, 0.29) is 5.92 Å². The first-order valence-electron chi connectivity index (χ1n) is 6.98. The molecule has 0 bridgehead atoms. The summed E-state index contributed by atoms with van der Waals surface area (Å²) >= 11 is 9.18. The number of carboxylic acid groups (broad SMARTS) is 1. The molecule has 1 unspecified atom stereocenters. The van der Waals surface area contributed by atoms with Crippen molar-refractivity contribution in [1.29, 1.82) is 0 Å². The lowest BCUT2D eigenvalue weighted by atomic mass is 9.84. The van der Waals surface area contributed by atoms with Gasteiger partial charge in [0.2, 0.25) is 0 Å². The molecule has 1 saturated carbocycles. The Bertz CT molecular complexity index is 544. The Kier molecular flexibility index (Phi) is 5.65. The van der Waals surface area contributed by atoms with E-state index < -0.39 is 17.9 Å². The van der Waals surface area contributed by atoms with Crippen molar-refractivity contribution < 1.29 is 14.7 Å². The van der Waals surface area contributed by atoms with Crippen LogP contribution < -0.4 is 5.32 Å². The van der Waals surface area contributed by atoms with Crippen LogP contribution in [-0.2, 0) is 4.79 Å². The number of nitrogens with one attached hydrogen (secondary N) is 1. The number of halogens is 2. The first kappa shape index (κ1) is 16.3. The quantitative estimate of drug-likeness (QED) is 0.841. The monoisotopic (exact) mass is 373 g/mol. The van der Waals surface area contributed by atoms with E-state index in [0.717, 1.165) is 32.1 Å². The molecule has 21 heavy (non-hydrogen) atoms. The van der Waals surface area contributed by atoms with Crippen molar-refractivity contribution in [2.24, 2.45) is 5.92 Å². The predicted molar refractivity (Wildman–Crippen MR) is 84.6 cm³/mol. The summed E-state index contributed by atoms with van der Waals surface area (Å²) in [6, 6.07) is 4.02. The molecule has 1 aliphatic carbocycles. The van der Waals surface area contributed by atoms with Crippen molar-refractivity contribution >= 4 is 39.4 Å². The summed E-state index contributed by atoms with van der Waals surface area (Å²) in [4.78, 5) is 23.8. The second-order valence-corrected chi connectivity index (χ2v) is 6.60. The second kappa shape index (κ2) is 7.27. The van der Waals surface area contributed by atoms with Crippen LogP contribution in [0.15, 0.2) is 22.7 Å². The number of carbonyl (C=O) groups excluding carboxylic acids is 1. The third kappa shape index (κ3) is 4.20. The average Bonchev–Trinajstić information content (AvgIpc) is 2.47. The number of hydrogen-bond acceptors (Lipinski definition) is 2. The van der Waals surface area contributed by atoms with E-state index in [4.69, 9.17) is 11.6 Å². The van der Waals surface area contributed by atoms with Gasteiger partial charge in [0.25, 0.3) is 5.91 Å². The molecule has 1 amide bonds. The fourth-order valence-electron chi connectivity index (χ4n) is 2.74. The van der Waals surface area contributed by atoms with Crippen molar-refractivity contribution in [3.8, 4) is 0 Å². The van der Waals surface area contributed by atoms with E-state index in [1.165, 1.54) is 6.07 Å². The Balaban J connectivity index is 2.14. The Morgan fingerprint density at radius 3 is 2.57 bits per heavy atom. The molecule has 0 spiro atoms. The van der Waals surface area contributed by atoms with Crippen LogP contribution in [0.1, 0.15) is 42.5 Å². The highest BCUT2D eigenvalue weighted by Gasteiger charge is 2.31. The van der Waals surface area contributed by atoms with Gasteiger partial charge in [0.1, 0.15) is 6.04 Å². The molecule has 1 aliphatic rings. The first-order chi connectivity index (χ1) is 9.99. The highest BCUT2D eigenvalue weighted by atomic mass is 79.9. The maximum atomic E-state index is 12.3. The summed E-state index contributed by atoms with van der Waals surface area (Å²) in [5, 5.41) is 12.5. The molecule has 6 heteroatoms. The van der Waals surface area contributed by atoms with Crippen LogP contribution in [0.5, 0.6) is 0 Å². The second-order valence-electron chi connectivity index (χ2n) is 5.31. The molecule has 1 fully saturated rings. The minimum Gasteiger partial charge on any atom is -0.480 e. The topological polar surface area (TPSA) is 66.4 Å². The van der Waals surface area contributed by atoms with E-state index in [1.807, 2.05) is 0 Å². The number of aliphatic carboxylic acids is 1. The van der Waals surface area contributed by atoms with Crippen LogP contribution in [0.25, 0.3) is 0 Å². The minimum absolute atomic E-state index is 0.00170. The van der Waals surface area contributed by atoms with Gasteiger partial charge in [-0.15, -0.1) is 0 Å². The highest BCUT2D eigenvalue weighted by molar-refractivity contribution is 9.10. The van der Waals surface area contributed by atoms with Gasteiger partial charge in [0, 0.05) is 9.50 Å². The van der Waals surface area contributed by atoms with Gasteiger partial charge < -0.3 is 10.4 Å². The zero-order valence-electron chi connectivity index (χ0n) is 11.4. The van der Waals surface area contributed by atoms with E-state index in [2.05, 4.69) is 21.2 Å². The van der Waals surface area contributed by atoms with Crippen molar-refractivity contribution in [2.45, 2.75) is 38.1 Å². The summed E-state index contributed by atoms with van der Waals surface area (Å²) in [6.07, 6.45) is 4.86. The first-order valence-corrected chi connectivity index (χ1v) is 8.15. The molecule has 0 aromatic heterocycles. The number of benzene rings is 1. The molecule has 2 rings (SSSR count). The maximum Gasteiger partial charge on any atom is 0.326 e. The van der Waals surface area contributed by atoms with Crippen LogP contribution in [0, 0.1) is 5.92 Å². The Morgan fingerprint density at radius 2 is 1.95 bits per heavy atom. The molecule has 0 saturated heterocycles. The van der Waals surface area contributed by atoms with Gasteiger partial charge in [-0.25, -0.2) is 4.79 Å². The van der Waals surface area contributed by atoms with Gasteiger partial charge in [0.15, 0.2) is 0 Å². The molecule has 0 aliphatic heterocycles. The van der Waals surface area contributed by atoms with Crippen LogP contribution in [0.2, 0.25) is 5.02 Å². The standard InChI is InChI=1S/C15H17BrClNO3/c16-12-7-6-10(17)8-11(12)14(19)18-13(15(20)21)9-4-2-1-3-5-9/h6-9,13H,1-5H2,(H,18,19)(H,20,21). The number of amides is 1. The molecule has 0 radical (unpaired) electrons. The fraction of sp³-hybridized carbons (Fsp3) is 0.467. The lowest BCUT2D eigenvalue weighted by molar-refractivity contribution is -0.141. The zero-order valence-corrected chi connectivity index (χ0v) is 13.8.